The molecule has 0 saturated heterocycles. The number of hydrogen-bond acceptors (Lipinski definition) is 2. The van der Waals surface area contributed by atoms with E-state index >= 15 is 0 Å². The van der Waals surface area contributed by atoms with Gasteiger partial charge in [-0.1, -0.05) is 18.7 Å². The molecule has 0 aliphatic carbocycles. The third-order valence-electron chi connectivity index (χ3n) is 1.22. The Morgan fingerprint density at radius 1 is 1.42 bits per heavy atom. The molecule has 0 aromatic rings. The third kappa shape index (κ3) is 5.46. The minimum absolute atomic E-state index is 0.0866. The number of carbonyl (C=O) groups excluding carboxylic acids is 1. The van der Waals surface area contributed by atoms with Gasteiger partial charge in [0.05, 0.1) is 0 Å². The molecule has 72 valence electrons. The highest BCUT2D eigenvalue weighted by Crippen LogP contribution is 2.14. The van der Waals surface area contributed by atoms with Crippen molar-refractivity contribution in [3.63, 3.8) is 0 Å². The maximum atomic E-state index is 12.2. The summed E-state index contributed by atoms with van der Waals surface area (Å²) < 4.78 is 35.3. The first-order valence-corrected chi connectivity index (χ1v) is 4.64. The summed E-state index contributed by atoms with van der Waals surface area (Å²) in [6.45, 7) is 1.68. The zero-order valence-electron chi connectivity index (χ0n) is 6.73. The molecule has 1 nitrogen and oxygen atoms in total. The molecule has 0 aromatic heterocycles. The minimum Gasteiger partial charge on any atom is -0.287 e. The lowest BCUT2D eigenvalue weighted by atomic mass is 10.3. The highest BCUT2D eigenvalue weighted by Gasteiger charge is 2.18. The van der Waals surface area contributed by atoms with Crippen molar-refractivity contribution in [2.45, 2.75) is 32.4 Å². The molecule has 0 bridgehead atoms. The number of halogens is 3. The number of thioether (sulfide) groups is 1. The fourth-order valence-electron chi connectivity index (χ4n) is 0.513. The Labute approximate surface area is 73.7 Å². The van der Waals surface area contributed by atoms with Crippen LogP contribution in [0.2, 0.25) is 0 Å². The van der Waals surface area contributed by atoms with E-state index in [-0.39, 0.29) is 17.3 Å². The third-order valence-corrected chi connectivity index (χ3v) is 2.27. The van der Waals surface area contributed by atoms with E-state index in [1.807, 2.05) is 0 Å². The summed E-state index contributed by atoms with van der Waals surface area (Å²) in [5.74, 6) is 0.137. The van der Waals surface area contributed by atoms with E-state index in [1.54, 1.807) is 6.92 Å². The van der Waals surface area contributed by atoms with Gasteiger partial charge in [-0.25, -0.2) is 13.2 Å². The van der Waals surface area contributed by atoms with Gasteiger partial charge >= 0.3 is 0 Å². The van der Waals surface area contributed by atoms with Gasteiger partial charge in [0, 0.05) is 12.2 Å². The van der Waals surface area contributed by atoms with Gasteiger partial charge in [0.25, 0.3) is 6.43 Å². The fraction of sp³-hybridized carbons (Fsp3) is 0.857. The largest absolute Gasteiger partial charge is 0.287 e. The van der Waals surface area contributed by atoms with Crippen molar-refractivity contribution in [1.29, 1.82) is 0 Å². The van der Waals surface area contributed by atoms with Crippen LogP contribution in [0, 0.1) is 0 Å². The van der Waals surface area contributed by atoms with Crippen molar-refractivity contribution in [3.05, 3.63) is 0 Å². The van der Waals surface area contributed by atoms with Crippen LogP contribution >= 0.6 is 11.8 Å². The summed E-state index contributed by atoms with van der Waals surface area (Å²) in [5.41, 5.74) is 0. The highest BCUT2D eigenvalue weighted by molar-refractivity contribution is 8.13. The topological polar surface area (TPSA) is 17.1 Å². The van der Waals surface area contributed by atoms with Gasteiger partial charge in [-0.15, -0.1) is 0 Å². The zero-order valence-corrected chi connectivity index (χ0v) is 7.54. The lowest BCUT2D eigenvalue weighted by Gasteiger charge is -2.04. The Hall–Kier alpha value is -0.190. The lowest BCUT2D eigenvalue weighted by molar-refractivity contribution is -0.110. The molecule has 5 heteroatoms. The number of rotatable bonds is 5. The average molecular weight is 200 g/mol. The van der Waals surface area contributed by atoms with Crippen LogP contribution in [0.5, 0.6) is 0 Å². The Bertz CT molecular complexity index is 141. The normalized spacial score (nSPS) is 13.4. The molecule has 0 N–H and O–H groups in total. The lowest BCUT2D eigenvalue weighted by Crippen LogP contribution is -2.13. The van der Waals surface area contributed by atoms with E-state index in [0.717, 1.165) is 11.8 Å². The number of alkyl halides is 3. The molecule has 0 amide bonds. The average Bonchev–Trinajstić information content (AvgIpc) is 2.03. The Morgan fingerprint density at radius 2 is 2.00 bits per heavy atom. The van der Waals surface area contributed by atoms with Gasteiger partial charge in [0.1, 0.15) is 0 Å². The molecule has 0 radical (unpaired) electrons. The van der Waals surface area contributed by atoms with E-state index < -0.39 is 12.6 Å². The summed E-state index contributed by atoms with van der Waals surface area (Å²) in [7, 11) is 0. The molecule has 0 aliphatic rings. The van der Waals surface area contributed by atoms with Crippen molar-refractivity contribution in [2.75, 3.05) is 5.75 Å². The Kier molecular flexibility index (Phi) is 6.24. The fourth-order valence-corrected chi connectivity index (χ4v) is 1.29. The number of carbonyl (C=O) groups is 1. The second kappa shape index (κ2) is 6.34. The molecule has 0 heterocycles. The van der Waals surface area contributed by atoms with Crippen molar-refractivity contribution >= 4 is 16.9 Å². The summed E-state index contributed by atoms with van der Waals surface area (Å²) >= 11 is 0.910. The molecule has 0 fully saturated rings. The molecular weight excluding hydrogens is 189 g/mol. The highest BCUT2D eigenvalue weighted by atomic mass is 32.2. The van der Waals surface area contributed by atoms with Gasteiger partial charge in [-0.2, -0.15) is 0 Å². The molecule has 0 spiro atoms. The van der Waals surface area contributed by atoms with Gasteiger partial charge in [0.15, 0.2) is 11.3 Å². The van der Waals surface area contributed by atoms with E-state index in [4.69, 9.17) is 0 Å². The van der Waals surface area contributed by atoms with Gasteiger partial charge in [-0.3, -0.25) is 4.79 Å². The van der Waals surface area contributed by atoms with Gasteiger partial charge in [0.2, 0.25) is 0 Å². The van der Waals surface area contributed by atoms with Crippen molar-refractivity contribution < 1.29 is 18.0 Å². The van der Waals surface area contributed by atoms with Crippen LogP contribution in [-0.4, -0.2) is 23.5 Å². The smallest absolute Gasteiger partial charge is 0.269 e. The van der Waals surface area contributed by atoms with Crippen LogP contribution in [0.1, 0.15) is 19.8 Å². The maximum absolute atomic E-state index is 12.2. The van der Waals surface area contributed by atoms with Crippen LogP contribution in [0.3, 0.4) is 0 Å². The standard InChI is InChI=1S/C7H11F3OS/c1-2-6(11)12-4-3-5(8)7(9)10/h5,7H,2-4H2,1H3. The summed E-state index contributed by atoms with van der Waals surface area (Å²) in [5, 5.41) is -0.0866. The zero-order chi connectivity index (χ0) is 9.56. The summed E-state index contributed by atoms with van der Waals surface area (Å²) in [6.07, 6.45) is -4.92. The van der Waals surface area contributed by atoms with E-state index in [0.29, 0.717) is 6.42 Å². The van der Waals surface area contributed by atoms with Crippen LogP contribution in [0.25, 0.3) is 0 Å². The second-order valence-corrected chi connectivity index (χ2v) is 3.37. The van der Waals surface area contributed by atoms with Gasteiger partial charge < -0.3 is 0 Å². The first kappa shape index (κ1) is 11.8. The van der Waals surface area contributed by atoms with Crippen LogP contribution in [-0.2, 0) is 4.79 Å². The molecule has 0 rings (SSSR count). The SMILES string of the molecule is CCC(=O)SCCC(F)C(F)F. The first-order chi connectivity index (χ1) is 5.57. The molecule has 12 heavy (non-hydrogen) atoms. The maximum Gasteiger partial charge on any atom is 0.269 e. The van der Waals surface area contributed by atoms with E-state index in [1.165, 1.54) is 0 Å². The van der Waals surface area contributed by atoms with Crippen molar-refractivity contribution in [3.8, 4) is 0 Å². The molecule has 0 aliphatic heterocycles. The van der Waals surface area contributed by atoms with Crippen LogP contribution in [0.15, 0.2) is 0 Å². The molecule has 1 unspecified atom stereocenters. The van der Waals surface area contributed by atoms with Gasteiger partial charge in [-0.05, 0) is 6.42 Å². The first-order valence-electron chi connectivity index (χ1n) is 3.65. The molecule has 0 saturated carbocycles. The molecule has 1 atom stereocenters. The van der Waals surface area contributed by atoms with Crippen molar-refractivity contribution in [2.24, 2.45) is 0 Å². The molecule has 0 aromatic carbocycles. The summed E-state index contributed by atoms with van der Waals surface area (Å²) in [4.78, 5) is 10.6. The van der Waals surface area contributed by atoms with E-state index in [9.17, 15) is 18.0 Å². The second-order valence-electron chi connectivity index (χ2n) is 2.21. The Morgan fingerprint density at radius 3 is 2.42 bits per heavy atom. The number of hydrogen-bond donors (Lipinski definition) is 0. The summed E-state index contributed by atoms with van der Waals surface area (Å²) in [6, 6.07) is 0. The molecular formula is C7H11F3OS. The Balaban J connectivity index is 3.37. The van der Waals surface area contributed by atoms with Crippen molar-refractivity contribution in [1.82, 2.24) is 0 Å². The monoisotopic (exact) mass is 200 g/mol. The van der Waals surface area contributed by atoms with Crippen LogP contribution in [0.4, 0.5) is 13.2 Å². The minimum atomic E-state index is -2.93. The predicted octanol–water partition coefficient (Wildman–Crippen LogP) is 2.65. The van der Waals surface area contributed by atoms with Crippen LogP contribution < -0.4 is 0 Å². The predicted molar refractivity (Wildman–Crippen MR) is 43.3 cm³/mol. The van der Waals surface area contributed by atoms with E-state index in [2.05, 4.69) is 0 Å². The quantitative estimate of drug-likeness (QED) is 0.678.